The summed E-state index contributed by atoms with van der Waals surface area (Å²) in [5.74, 6) is -1.11. The Morgan fingerprint density at radius 1 is 1.24 bits per heavy atom. The molecule has 1 aliphatic carbocycles. The number of nitrogens with one attached hydrogen (secondary N) is 2. The van der Waals surface area contributed by atoms with Crippen molar-refractivity contribution < 1.29 is 13.6 Å². The van der Waals surface area contributed by atoms with Gasteiger partial charge in [-0.3, -0.25) is 4.79 Å². The number of hydrogen-bond donors (Lipinski definition) is 3. The monoisotopic (exact) mass is 414 g/mol. The van der Waals surface area contributed by atoms with Crippen LogP contribution < -0.4 is 16.4 Å². The van der Waals surface area contributed by atoms with Crippen LogP contribution in [0.15, 0.2) is 24.3 Å². The van der Waals surface area contributed by atoms with Gasteiger partial charge in [0.1, 0.15) is 5.82 Å². The SMILES string of the molecule is NC1CCCCC1Nc1nc(-c2cc3c(F)cccc3s2)c2c(c1F)CNC2=O. The summed E-state index contributed by atoms with van der Waals surface area (Å²) in [6, 6.07) is 6.39. The van der Waals surface area contributed by atoms with E-state index in [0.717, 1.165) is 30.4 Å². The third-order valence-corrected chi connectivity index (χ3v) is 6.88. The number of halogens is 2. The molecule has 8 heteroatoms. The summed E-state index contributed by atoms with van der Waals surface area (Å²) in [7, 11) is 0. The zero-order valence-corrected chi connectivity index (χ0v) is 16.4. The highest BCUT2D eigenvalue weighted by molar-refractivity contribution is 7.22. The number of pyridine rings is 1. The van der Waals surface area contributed by atoms with E-state index in [2.05, 4.69) is 15.6 Å². The number of hydrogen-bond acceptors (Lipinski definition) is 5. The number of nitrogens with two attached hydrogens (primary N) is 1. The fourth-order valence-electron chi connectivity index (χ4n) is 4.21. The van der Waals surface area contributed by atoms with E-state index >= 15 is 4.39 Å². The van der Waals surface area contributed by atoms with Crippen molar-refractivity contribution in [2.75, 3.05) is 5.32 Å². The second-order valence-corrected chi connectivity index (χ2v) is 8.70. The molecule has 5 nitrogen and oxygen atoms in total. The van der Waals surface area contributed by atoms with Crippen molar-refractivity contribution in [2.45, 2.75) is 44.3 Å². The van der Waals surface area contributed by atoms with Crippen LogP contribution >= 0.6 is 11.3 Å². The van der Waals surface area contributed by atoms with Gasteiger partial charge >= 0.3 is 0 Å². The van der Waals surface area contributed by atoms with Crippen molar-refractivity contribution in [1.82, 2.24) is 10.3 Å². The zero-order chi connectivity index (χ0) is 20.1. The molecule has 5 rings (SSSR count). The van der Waals surface area contributed by atoms with Crippen LogP contribution in [0.3, 0.4) is 0 Å². The number of benzene rings is 1. The molecule has 1 fully saturated rings. The van der Waals surface area contributed by atoms with E-state index in [1.807, 2.05) is 6.07 Å². The maximum absolute atomic E-state index is 15.2. The first-order valence-electron chi connectivity index (χ1n) is 9.74. The maximum Gasteiger partial charge on any atom is 0.254 e. The van der Waals surface area contributed by atoms with Gasteiger partial charge in [0, 0.05) is 34.3 Å². The molecule has 1 aliphatic heterocycles. The Hall–Kier alpha value is -2.58. The number of nitrogens with zero attached hydrogens (tertiary/aromatic N) is 1. The maximum atomic E-state index is 15.2. The highest BCUT2D eigenvalue weighted by Gasteiger charge is 2.32. The van der Waals surface area contributed by atoms with Crippen LogP contribution in [0.25, 0.3) is 20.7 Å². The Balaban J connectivity index is 1.65. The van der Waals surface area contributed by atoms with Gasteiger partial charge in [0.15, 0.2) is 11.6 Å². The summed E-state index contributed by atoms with van der Waals surface area (Å²) < 4.78 is 30.1. The third-order valence-electron chi connectivity index (χ3n) is 5.77. The number of thiophene rings is 1. The summed E-state index contributed by atoms with van der Waals surface area (Å²) in [5.41, 5.74) is 7.11. The molecule has 0 saturated heterocycles. The molecule has 2 aromatic heterocycles. The van der Waals surface area contributed by atoms with E-state index < -0.39 is 5.82 Å². The van der Waals surface area contributed by atoms with Gasteiger partial charge in [-0.25, -0.2) is 13.8 Å². The van der Waals surface area contributed by atoms with Crippen molar-refractivity contribution in [3.05, 3.63) is 47.0 Å². The molecule has 4 N–H and O–H groups in total. The van der Waals surface area contributed by atoms with E-state index in [0.29, 0.717) is 21.5 Å². The van der Waals surface area contributed by atoms with Gasteiger partial charge < -0.3 is 16.4 Å². The van der Waals surface area contributed by atoms with Crippen LogP contribution in [0.1, 0.15) is 41.6 Å². The number of amides is 1. The number of rotatable bonds is 3. The molecule has 1 aromatic carbocycles. The quantitative estimate of drug-likeness (QED) is 0.601. The van der Waals surface area contributed by atoms with E-state index in [-0.39, 0.29) is 41.7 Å². The van der Waals surface area contributed by atoms with Crippen molar-refractivity contribution in [1.29, 1.82) is 0 Å². The van der Waals surface area contributed by atoms with Gasteiger partial charge in [-0.1, -0.05) is 18.9 Å². The Bertz CT molecular complexity index is 1130. The smallest absolute Gasteiger partial charge is 0.254 e. The van der Waals surface area contributed by atoms with E-state index in [9.17, 15) is 9.18 Å². The van der Waals surface area contributed by atoms with Crippen LogP contribution in [-0.2, 0) is 6.54 Å². The minimum Gasteiger partial charge on any atom is -0.363 e. The van der Waals surface area contributed by atoms with Crippen LogP contribution in [0.5, 0.6) is 0 Å². The predicted octanol–water partition coefficient (Wildman–Crippen LogP) is 4.17. The average molecular weight is 414 g/mol. The molecule has 150 valence electrons. The molecule has 2 atom stereocenters. The minimum atomic E-state index is -0.521. The third kappa shape index (κ3) is 3.07. The highest BCUT2D eigenvalue weighted by Crippen LogP contribution is 2.39. The number of aromatic nitrogens is 1. The van der Waals surface area contributed by atoms with Gasteiger partial charge in [-0.05, 0) is 31.0 Å². The molecule has 2 aliphatic rings. The van der Waals surface area contributed by atoms with E-state index in [1.165, 1.54) is 17.4 Å². The largest absolute Gasteiger partial charge is 0.363 e. The molecule has 3 heterocycles. The van der Waals surface area contributed by atoms with E-state index in [4.69, 9.17) is 5.73 Å². The van der Waals surface area contributed by atoms with Crippen LogP contribution in [0.4, 0.5) is 14.6 Å². The van der Waals surface area contributed by atoms with Gasteiger partial charge in [0.2, 0.25) is 0 Å². The number of anilines is 1. The Kier molecular flexibility index (Phi) is 4.48. The number of carbonyl (C=O) groups is 1. The molecular formula is C21H20F2N4OS. The van der Waals surface area contributed by atoms with Gasteiger partial charge in [0.05, 0.1) is 16.1 Å². The Labute approximate surface area is 170 Å². The van der Waals surface area contributed by atoms with Crippen LogP contribution in [0, 0.1) is 11.6 Å². The van der Waals surface area contributed by atoms with Gasteiger partial charge in [0.25, 0.3) is 5.91 Å². The van der Waals surface area contributed by atoms with Crippen molar-refractivity contribution in [2.24, 2.45) is 5.73 Å². The molecule has 2 unspecified atom stereocenters. The summed E-state index contributed by atoms with van der Waals surface area (Å²) in [6.45, 7) is 0.111. The molecule has 1 saturated carbocycles. The zero-order valence-electron chi connectivity index (χ0n) is 15.6. The number of carbonyl (C=O) groups excluding carboxylic acids is 1. The first kappa shape index (κ1) is 18.4. The molecule has 0 spiro atoms. The topological polar surface area (TPSA) is 80.0 Å². The highest BCUT2D eigenvalue weighted by atomic mass is 32.1. The second kappa shape index (κ2) is 7.03. The lowest BCUT2D eigenvalue weighted by atomic mass is 9.91. The van der Waals surface area contributed by atoms with Crippen LogP contribution in [0.2, 0.25) is 0 Å². The number of fused-ring (bicyclic) bond motifs is 2. The van der Waals surface area contributed by atoms with Gasteiger partial charge in [-0.15, -0.1) is 11.3 Å². The molecule has 0 radical (unpaired) electrons. The standard InChI is InChI=1S/C21H20F2N4OS/c22-12-4-3-7-15-10(12)8-16(29-15)19-17-11(9-25-21(17)28)18(23)20(27-19)26-14-6-2-1-5-13(14)24/h3-4,7-8,13-14H,1-2,5-6,9,24H2,(H,25,28)(H,26,27). The Morgan fingerprint density at radius 2 is 2.07 bits per heavy atom. The van der Waals surface area contributed by atoms with Gasteiger partial charge in [-0.2, -0.15) is 0 Å². The van der Waals surface area contributed by atoms with E-state index in [1.54, 1.807) is 12.1 Å². The van der Waals surface area contributed by atoms with Crippen LogP contribution in [-0.4, -0.2) is 23.0 Å². The minimum absolute atomic E-state index is 0.0680. The van der Waals surface area contributed by atoms with Crippen molar-refractivity contribution >= 4 is 33.1 Å². The molecule has 29 heavy (non-hydrogen) atoms. The normalized spacial score (nSPS) is 21.3. The lowest BCUT2D eigenvalue weighted by Crippen LogP contribution is -2.43. The molecule has 1 amide bonds. The molecule has 3 aromatic rings. The van der Waals surface area contributed by atoms with Crippen molar-refractivity contribution in [3.8, 4) is 10.6 Å². The molecule has 0 bridgehead atoms. The fraction of sp³-hybridized carbons (Fsp3) is 0.333. The fourth-order valence-corrected chi connectivity index (χ4v) is 5.28. The average Bonchev–Trinajstić information content (AvgIpc) is 3.31. The predicted molar refractivity (Wildman–Crippen MR) is 110 cm³/mol. The second-order valence-electron chi connectivity index (χ2n) is 7.62. The van der Waals surface area contributed by atoms with Crippen molar-refractivity contribution in [3.63, 3.8) is 0 Å². The first-order valence-corrected chi connectivity index (χ1v) is 10.6. The lowest BCUT2D eigenvalue weighted by Gasteiger charge is -2.30. The summed E-state index contributed by atoms with van der Waals surface area (Å²) >= 11 is 1.34. The molecular weight excluding hydrogens is 394 g/mol. The summed E-state index contributed by atoms with van der Waals surface area (Å²) in [6.07, 6.45) is 3.82. The summed E-state index contributed by atoms with van der Waals surface area (Å²) in [4.78, 5) is 17.6. The first-order chi connectivity index (χ1) is 14.0. The Morgan fingerprint density at radius 3 is 2.86 bits per heavy atom. The summed E-state index contributed by atoms with van der Waals surface area (Å²) in [5, 5.41) is 6.33. The lowest BCUT2D eigenvalue weighted by molar-refractivity contribution is 0.0966.